The normalized spacial score (nSPS) is 12.9. The molecule has 17 aromatic carbocycles. The molecule has 0 bridgehead atoms. The van der Waals surface area contributed by atoms with Gasteiger partial charge >= 0.3 is 0 Å². The third kappa shape index (κ3) is 8.19. The van der Waals surface area contributed by atoms with Gasteiger partial charge in [0.05, 0.1) is 70.8 Å². The van der Waals surface area contributed by atoms with Gasteiger partial charge in [0.25, 0.3) is 6.71 Å². The minimum Gasteiger partial charge on any atom is -0.309 e. The summed E-state index contributed by atoms with van der Waals surface area (Å²) in [5, 5.41) is 14.9. The maximum atomic E-state index is 2.79. The van der Waals surface area contributed by atoms with E-state index in [1.807, 2.05) is 22.7 Å². The Balaban J connectivity index is 0.903. The summed E-state index contributed by atoms with van der Waals surface area (Å²) in [5.74, 6) is 0. The molecule has 8 heterocycles. The zero-order chi connectivity index (χ0) is 71.6. The summed E-state index contributed by atoms with van der Waals surface area (Å²) < 4.78 is 13.0. The van der Waals surface area contributed by atoms with Crippen LogP contribution in [-0.4, -0.2) is 20.2 Å². The van der Waals surface area contributed by atoms with Crippen LogP contribution in [0.1, 0.15) is 0 Å². The van der Waals surface area contributed by atoms with E-state index in [-0.39, 0.29) is 6.71 Å². The van der Waals surface area contributed by atoms with Gasteiger partial charge in [0.2, 0.25) is 0 Å². The Kier molecular flexibility index (Phi) is 12.6. The number of hydrogen-bond donors (Lipinski definition) is 0. The van der Waals surface area contributed by atoms with E-state index in [2.05, 4.69) is 387 Å². The second kappa shape index (κ2) is 22.9. The summed E-state index contributed by atoms with van der Waals surface area (Å²) in [6.07, 6.45) is 0. The van der Waals surface area contributed by atoms with Gasteiger partial charge in [-0.2, -0.15) is 0 Å². The van der Waals surface area contributed by atoms with Gasteiger partial charge in [0.15, 0.2) is 0 Å². The molecule has 8 heteroatoms. The number of nitrogens with zero attached hydrogens (tertiary/aromatic N) is 5. The Morgan fingerprint density at radius 3 is 0.973 bits per heavy atom. The molecule has 0 unspecified atom stereocenters. The molecule has 5 nitrogen and oxygen atoms in total. The van der Waals surface area contributed by atoms with Crippen molar-refractivity contribution in [2.45, 2.75) is 0 Å². The molecular formula is C102H60BN5S2. The molecule has 0 spiro atoms. The lowest BCUT2D eigenvalue weighted by atomic mass is 9.33. The maximum Gasteiger partial charge on any atom is 0.252 e. The highest BCUT2D eigenvalue weighted by Crippen LogP contribution is 2.60. The van der Waals surface area contributed by atoms with Crippen LogP contribution < -0.4 is 26.2 Å². The van der Waals surface area contributed by atoms with Crippen LogP contribution in [0.25, 0.3) is 178 Å². The van der Waals surface area contributed by atoms with Crippen molar-refractivity contribution in [3.05, 3.63) is 364 Å². The first-order valence-corrected chi connectivity index (χ1v) is 39.6. The smallest absolute Gasteiger partial charge is 0.252 e. The molecule has 0 saturated carbocycles. The Morgan fingerprint density at radius 2 is 0.573 bits per heavy atom. The third-order valence-electron chi connectivity index (χ3n) is 24.1. The number of rotatable bonds is 8. The number of para-hydroxylation sites is 6. The van der Waals surface area contributed by atoms with E-state index in [9.17, 15) is 0 Å². The molecule has 0 saturated heterocycles. The first-order chi connectivity index (χ1) is 54.7. The van der Waals surface area contributed by atoms with Gasteiger partial charge in [0, 0.05) is 119 Å². The molecule has 0 aliphatic carbocycles. The fraction of sp³-hybridized carbons (Fsp3) is 0. The second-order valence-electron chi connectivity index (χ2n) is 29.6. The van der Waals surface area contributed by atoms with E-state index in [1.165, 1.54) is 150 Å². The number of aromatic nitrogens is 3. The molecule has 6 aromatic heterocycles. The number of hydrogen-bond acceptors (Lipinski definition) is 4. The SMILES string of the molecule is c1ccc(-c2cccc(-c3ccccc3)c2N2c3cc(-n4c5ccccc5c5ccc6c7ccccc7sc6c54)ccc3B3c4ccc(-n5c6ccccc6c6ccc7c8ccccc8sc7c65)cc4N(c4c(-c5ccccc5)cccc4-c4ccccc4)c4c3c2c2c3ccccc3n3c5ccccc5c4c23)cc1. The predicted octanol–water partition coefficient (Wildman–Crippen LogP) is 26.5. The van der Waals surface area contributed by atoms with E-state index in [0.29, 0.717) is 0 Å². The zero-order valence-electron chi connectivity index (χ0n) is 59.3. The highest BCUT2D eigenvalue weighted by Gasteiger charge is 2.49. The number of anilines is 6. The summed E-state index contributed by atoms with van der Waals surface area (Å²) in [5.41, 5.74) is 30.1. The minimum absolute atomic E-state index is 0.329. The van der Waals surface area contributed by atoms with Gasteiger partial charge in [-0.15, -0.1) is 22.7 Å². The van der Waals surface area contributed by atoms with Crippen molar-refractivity contribution in [3.63, 3.8) is 0 Å². The van der Waals surface area contributed by atoms with Crippen molar-refractivity contribution < 1.29 is 0 Å². The minimum atomic E-state index is -0.329. The molecule has 0 amide bonds. The Morgan fingerprint density at radius 1 is 0.236 bits per heavy atom. The number of fused-ring (bicyclic) bond motifs is 26. The molecule has 2 aliphatic rings. The number of thiophene rings is 2. The van der Waals surface area contributed by atoms with Crippen LogP contribution in [0.5, 0.6) is 0 Å². The molecule has 0 N–H and O–H groups in total. The molecule has 2 aliphatic heterocycles. The van der Waals surface area contributed by atoms with Crippen molar-refractivity contribution in [2.75, 3.05) is 9.80 Å². The van der Waals surface area contributed by atoms with E-state index >= 15 is 0 Å². The van der Waals surface area contributed by atoms with Crippen LogP contribution >= 0.6 is 22.7 Å². The summed E-state index contributed by atoms with van der Waals surface area (Å²) in [7, 11) is 0. The zero-order valence-corrected chi connectivity index (χ0v) is 60.9. The molecule has 110 heavy (non-hydrogen) atoms. The predicted molar refractivity (Wildman–Crippen MR) is 471 cm³/mol. The average molecular weight is 1430 g/mol. The van der Waals surface area contributed by atoms with Gasteiger partial charge in [-0.05, 0) is 99.3 Å². The highest BCUT2D eigenvalue weighted by atomic mass is 32.1. The van der Waals surface area contributed by atoms with Crippen LogP contribution in [0, 0.1) is 0 Å². The highest BCUT2D eigenvalue weighted by molar-refractivity contribution is 7.27. The van der Waals surface area contributed by atoms with E-state index in [1.54, 1.807) is 0 Å². The first kappa shape index (κ1) is 60.4. The molecule has 0 radical (unpaired) electrons. The van der Waals surface area contributed by atoms with Crippen molar-refractivity contribution in [3.8, 4) is 55.9 Å². The molecule has 25 rings (SSSR count). The van der Waals surface area contributed by atoms with Crippen molar-refractivity contribution in [1.29, 1.82) is 0 Å². The Hall–Kier alpha value is -13.8. The summed E-state index contributed by atoms with van der Waals surface area (Å²) in [6.45, 7) is -0.329. The lowest BCUT2D eigenvalue weighted by Crippen LogP contribution is -2.61. The van der Waals surface area contributed by atoms with Gasteiger partial charge < -0.3 is 23.3 Å². The maximum absolute atomic E-state index is 2.79. The second-order valence-corrected chi connectivity index (χ2v) is 31.7. The average Bonchev–Trinajstić information content (AvgIpc) is 1.31. The fourth-order valence-electron chi connectivity index (χ4n) is 19.7. The topological polar surface area (TPSA) is 20.8 Å². The lowest BCUT2D eigenvalue weighted by molar-refractivity contribution is 1.17. The first-order valence-electron chi connectivity index (χ1n) is 37.9. The summed E-state index contributed by atoms with van der Waals surface area (Å²) >= 11 is 3.81. The van der Waals surface area contributed by atoms with E-state index in [4.69, 9.17) is 0 Å². The van der Waals surface area contributed by atoms with Gasteiger partial charge in [0.1, 0.15) is 0 Å². The quantitative estimate of drug-likeness (QED) is 0.141. The van der Waals surface area contributed by atoms with Crippen LogP contribution in [0.3, 0.4) is 0 Å². The monoisotopic (exact) mass is 1430 g/mol. The van der Waals surface area contributed by atoms with Gasteiger partial charge in [-0.1, -0.05) is 303 Å². The number of benzene rings is 17. The van der Waals surface area contributed by atoms with Crippen molar-refractivity contribution in [1.82, 2.24) is 13.5 Å². The Labute approximate surface area is 640 Å². The van der Waals surface area contributed by atoms with E-state index < -0.39 is 0 Å². The van der Waals surface area contributed by atoms with Gasteiger partial charge in [-0.3, -0.25) is 0 Å². The van der Waals surface area contributed by atoms with E-state index in [0.717, 1.165) is 78.6 Å². The van der Waals surface area contributed by atoms with Crippen LogP contribution in [0.15, 0.2) is 364 Å². The fourth-order valence-corrected chi connectivity index (χ4v) is 22.2. The van der Waals surface area contributed by atoms with Gasteiger partial charge in [-0.25, -0.2) is 0 Å². The molecule has 0 fully saturated rings. The van der Waals surface area contributed by atoms with Crippen LogP contribution in [0.4, 0.5) is 34.1 Å². The van der Waals surface area contributed by atoms with Crippen molar-refractivity contribution in [2.24, 2.45) is 0 Å². The largest absolute Gasteiger partial charge is 0.309 e. The summed E-state index contributed by atoms with van der Waals surface area (Å²) in [4.78, 5) is 5.57. The van der Waals surface area contributed by atoms with Crippen LogP contribution in [0.2, 0.25) is 0 Å². The lowest BCUT2D eigenvalue weighted by Gasteiger charge is -2.46. The molecular weight excluding hydrogens is 1370 g/mol. The summed E-state index contributed by atoms with van der Waals surface area (Å²) in [6, 6.07) is 138. The molecule has 508 valence electrons. The Bertz CT molecular complexity index is 7290. The molecule has 0 atom stereocenters. The third-order valence-corrected chi connectivity index (χ3v) is 26.5. The molecule has 23 aromatic rings. The standard InChI is InChI=1S/C102H60BN5S2/c1-5-27-61(28-6-1)67-41-25-42-68(62-29-7-2-8-30-62)94(67)107-87-59-65(104-83-45-19-13-35-71(83)75-53-55-77-73-37-17-23-49-89(73)109-101(77)96(75)104)51-57-81(87)103-82-58-52-66(105-84-46-20-14-36-72(84)76-54-56-78-74-38-18-24-50-90(74)110-102(78)97(76)105)60-88(82)108(95-69(63-31-9-3-10-32-63)43-26-44-70(95)64-33-11-4-12-34-64)100-92-80-40-16-22-48-86(80)106-85-47-21-15-39-79(85)91(98(92)106)99(107)93(100)103/h1-60H. The van der Waals surface area contributed by atoms with Crippen LogP contribution in [-0.2, 0) is 0 Å². The van der Waals surface area contributed by atoms with Crippen molar-refractivity contribution >= 4 is 202 Å².